The molecule has 1 unspecified atom stereocenters. The molecule has 5 nitrogen and oxygen atoms in total. The Morgan fingerprint density at radius 2 is 1.95 bits per heavy atom. The Labute approximate surface area is 118 Å². The number of aromatic amines is 1. The van der Waals surface area contributed by atoms with E-state index in [1.807, 2.05) is 12.1 Å². The number of piperidine rings is 1. The van der Waals surface area contributed by atoms with Crippen molar-refractivity contribution in [1.82, 2.24) is 15.3 Å². The maximum Gasteiger partial charge on any atom is 0.163 e. The number of rotatable bonds is 3. The number of nitrogens with one attached hydrogen (secondary N) is 2. The number of fused-ring (bicyclic) bond motifs is 1. The lowest BCUT2D eigenvalue weighted by Crippen LogP contribution is -2.41. The number of imidazole rings is 1. The van der Waals surface area contributed by atoms with Crippen LogP contribution < -0.4 is 14.8 Å². The summed E-state index contributed by atoms with van der Waals surface area (Å²) in [6.45, 7) is 4.31. The molecular weight excluding hydrogens is 254 g/mol. The minimum absolute atomic E-state index is 0.0672. The van der Waals surface area contributed by atoms with Gasteiger partial charge in [-0.3, -0.25) is 0 Å². The Bertz CT molecular complexity index is 574. The average Bonchev–Trinajstić information content (AvgIpc) is 2.90. The molecule has 1 atom stereocenters. The van der Waals surface area contributed by atoms with Gasteiger partial charge in [-0.25, -0.2) is 4.98 Å². The van der Waals surface area contributed by atoms with Crippen molar-refractivity contribution in [1.29, 1.82) is 0 Å². The number of nitrogens with zero attached hydrogens (tertiary/aromatic N) is 1. The minimum Gasteiger partial charge on any atom is -0.493 e. The highest BCUT2D eigenvalue weighted by Crippen LogP contribution is 2.34. The lowest BCUT2D eigenvalue weighted by Gasteiger charge is -2.32. The lowest BCUT2D eigenvalue weighted by molar-refractivity contribution is 0.326. The van der Waals surface area contributed by atoms with Crippen molar-refractivity contribution in [2.45, 2.75) is 25.2 Å². The fraction of sp³-hybridized carbons (Fsp3) is 0.533. The summed E-state index contributed by atoms with van der Waals surface area (Å²) >= 11 is 0. The summed E-state index contributed by atoms with van der Waals surface area (Å²) in [5.74, 6) is 2.47. The van der Waals surface area contributed by atoms with Crippen LogP contribution in [0.4, 0.5) is 0 Å². The molecular formula is C15H21N3O2. The van der Waals surface area contributed by atoms with Crippen LogP contribution in [-0.2, 0) is 5.41 Å². The second kappa shape index (κ2) is 4.98. The first-order valence-electron chi connectivity index (χ1n) is 6.99. The maximum atomic E-state index is 5.34. The van der Waals surface area contributed by atoms with Gasteiger partial charge in [0.15, 0.2) is 11.5 Å². The Balaban J connectivity index is 2.06. The van der Waals surface area contributed by atoms with Gasteiger partial charge in [0, 0.05) is 24.1 Å². The number of aromatic nitrogens is 2. The van der Waals surface area contributed by atoms with Gasteiger partial charge in [-0.15, -0.1) is 0 Å². The van der Waals surface area contributed by atoms with Crippen molar-refractivity contribution >= 4 is 11.0 Å². The Morgan fingerprint density at radius 3 is 2.60 bits per heavy atom. The number of methoxy groups -OCH3 is 2. The third-order valence-electron chi connectivity index (χ3n) is 4.16. The molecule has 3 rings (SSSR count). The molecule has 2 heterocycles. The topological polar surface area (TPSA) is 59.2 Å². The summed E-state index contributed by atoms with van der Waals surface area (Å²) < 4.78 is 10.7. The van der Waals surface area contributed by atoms with Gasteiger partial charge in [0.2, 0.25) is 0 Å². The van der Waals surface area contributed by atoms with E-state index < -0.39 is 0 Å². The fourth-order valence-electron chi connectivity index (χ4n) is 2.88. The van der Waals surface area contributed by atoms with Crippen molar-refractivity contribution in [2.75, 3.05) is 27.3 Å². The maximum absolute atomic E-state index is 5.34. The Hall–Kier alpha value is -1.75. The number of hydrogen-bond donors (Lipinski definition) is 2. The summed E-state index contributed by atoms with van der Waals surface area (Å²) in [7, 11) is 3.29. The van der Waals surface area contributed by atoms with E-state index >= 15 is 0 Å². The van der Waals surface area contributed by atoms with Gasteiger partial charge in [0.05, 0.1) is 25.3 Å². The fourth-order valence-corrected chi connectivity index (χ4v) is 2.88. The molecule has 0 amide bonds. The van der Waals surface area contributed by atoms with Crippen LogP contribution in [0.1, 0.15) is 25.6 Å². The van der Waals surface area contributed by atoms with Gasteiger partial charge in [0.1, 0.15) is 5.82 Å². The molecule has 1 aliphatic rings. The van der Waals surface area contributed by atoms with Crippen LogP contribution >= 0.6 is 0 Å². The van der Waals surface area contributed by atoms with Crippen LogP contribution in [0.15, 0.2) is 12.1 Å². The van der Waals surface area contributed by atoms with E-state index in [9.17, 15) is 0 Å². The SMILES string of the molecule is COc1cc2nc(C3(C)CCCNC3)[nH]c2cc1OC. The van der Waals surface area contributed by atoms with Crippen molar-refractivity contribution in [3.8, 4) is 11.5 Å². The molecule has 1 fully saturated rings. The van der Waals surface area contributed by atoms with Crippen molar-refractivity contribution in [3.05, 3.63) is 18.0 Å². The first-order valence-corrected chi connectivity index (χ1v) is 6.99. The number of hydrogen-bond acceptors (Lipinski definition) is 4. The van der Waals surface area contributed by atoms with Gasteiger partial charge in [0.25, 0.3) is 0 Å². The number of H-pyrrole nitrogens is 1. The molecule has 5 heteroatoms. The van der Waals surface area contributed by atoms with Gasteiger partial charge < -0.3 is 19.8 Å². The highest BCUT2D eigenvalue weighted by atomic mass is 16.5. The molecule has 20 heavy (non-hydrogen) atoms. The monoisotopic (exact) mass is 275 g/mol. The average molecular weight is 275 g/mol. The second-order valence-electron chi connectivity index (χ2n) is 5.65. The third-order valence-corrected chi connectivity index (χ3v) is 4.16. The van der Waals surface area contributed by atoms with E-state index in [2.05, 4.69) is 17.2 Å². The molecule has 1 aromatic carbocycles. The zero-order valence-electron chi connectivity index (χ0n) is 12.2. The molecule has 1 saturated heterocycles. The first-order chi connectivity index (χ1) is 9.66. The molecule has 0 bridgehead atoms. The molecule has 2 aromatic rings. The standard InChI is InChI=1S/C15H21N3O2/c1-15(5-4-6-16-9-15)14-17-10-7-12(19-2)13(20-3)8-11(10)18-14/h7-8,16H,4-6,9H2,1-3H3,(H,17,18). The predicted octanol–water partition coefficient (Wildman–Crippen LogP) is 2.22. The summed E-state index contributed by atoms with van der Waals surface area (Å²) in [5.41, 5.74) is 1.98. The molecule has 1 aromatic heterocycles. The van der Waals surface area contributed by atoms with E-state index in [1.54, 1.807) is 14.2 Å². The molecule has 2 N–H and O–H groups in total. The molecule has 0 saturated carbocycles. The molecule has 0 aliphatic carbocycles. The summed E-state index contributed by atoms with van der Waals surface area (Å²) in [6, 6.07) is 3.87. The van der Waals surface area contributed by atoms with Gasteiger partial charge >= 0.3 is 0 Å². The third kappa shape index (κ3) is 2.12. The highest BCUT2D eigenvalue weighted by molar-refractivity contribution is 5.80. The van der Waals surface area contributed by atoms with Crippen LogP contribution in [-0.4, -0.2) is 37.3 Å². The normalized spacial score (nSPS) is 22.9. The first kappa shape index (κ1) is 13.2. The highest BCUT2D eigenvalue weighted by Gasteiger charge is 2.32. The van der Waals surface area contributed by atoms with Crippen molar-refractivity contribution < 1.29 is 9.47 Å². The van der Waals surface area contributed by atoms with E-state index in [0.29, 0.717) is 5.75 Å². The zero-order valence-corrected chi connectivity index (χ0v) is 12.2. The van der Waals surface area contributed by atoms with Crippen LogP contribution in [0, 0.1) is 0 Å². The van der Waals surface area contributed by atoms with Crippen LogP contribution in [0.5, 0.6) is 11.5 Å². The smallest absolute Gasteiger partial charge is 0.163 e. The van der Waals surface area contributed by atoms with E-state index in [1.165, 1.54) is 6.42 Å². The largest absolute Gasteiger partial charge is 0.493 e. The molecule has 1 aliphatic heterocycles. The zero-order chi connectivity index (χ0) is 14.2. The van der Waals surface area contributed by atoms with Crippen LogP contribution in [0.3, 0.4) is 0 Å². The van der Waals surface area contributed by atoms with Gasteiger partial charge in [-0.1, -0.05) is 6.92 Å². The number of ether oxygens (including phenoxy) is 2. The van der Waals surface area contributed by atoms with Crippen LogP contribution in [0.25, 0.3) is 11.0 Å². The summed E-state index contributed by atoms with van der Waals surface area (Å²) in [5, 5.41) is 3.45. The Morgan fingerprint density at radius 1 is 1.20 bits per heavy atom. The Kier molecular flexibility index (Phi) is 3.30. The van der Waals surface area contributed by atoms with Gasteiger partial charge in [-0.2, -0.15) is 0 Å². The van der Waals surface area contributed by atoms with Gasteiger partial charge in [-0.05, 0) is 19.4 Å². The molecule has 0 spiro atoms. The summed E-state index contributed by atoms with van der Waals surface area (Å²) in [6.07, 6.45) is 2.33. The van der Waals surface area contributed by atoms with E-state index in [0.717, 1.165) is 42.1 Å². The minimum atomic E-state index is 0.0672. The van der Waals surface area contributed by atoms with Crippen molar-refractivity contribution in [2.24, 2.45) is 0 Å². The predicted molar refractivity (Wildman–Crippen MR) is 78.7 cm³/mol. The number of benzene rings is 1. The quantitative estimate of drug-likeness (QED) is 0.901. The second-order valence-corrected chi connectivity index (χ2v) is 5.65. The molecule has 108 valence electrons. The van der Waals surface area contributed by atoms with Crippen molar-refractivity contribution in [3.63, 3.8) is 0 Å². The van der Waals surface area contributed by atoms with Crippen LogP contribution in [0.2, 0.25) is 0 Å². The summed E-state index contributed by atoms with van der Waals surface area (Å²) in [4.78, 5) is 8.21. The molecule has 0 radical (unpaired) electrons. The lowest BCUT2D eigenvalue weighted by atomic mass is 9.82. The van der Waals surface area contributed by atoms with E-state index in [4.69, 9.17) is 14.5 Å². The van der Waals surface area contributed by atoms with E-state index in [-0.39, 0.29) is 5.41 Å².